The monoisotopic (exact) mass is 917 g/mol. The molecule has 3 aliphatic heterocycles. The lowest BCUT2D eigenvalue weighted by molar-refractivity contribution is -0.117. The largest absolute Gasteiger partial charge is 0.309 e. The molecule has 10 rings (SSSR count). The Morgan fingerprint density at radius 2 is 0.662 bits per heavy atom. The van der Waals surface area contributed by atoms with Crippen molar-refractivity contribution in [1.82, 2.24) is 0 Å². The lowest BCUT2D eigenvalue weighted by Gasteiger charge is -2.29. The number of anilines is 3. The van der Waals surface area contributed by atoms with Gasteiger partial charge in [0.2, 0.25) is 17.7 Å². The molecule has 0 aromatic heterocycles. The summed E-state index contributed by atoms with van der Waals surface area (Å²) in [5.41, 5.74) is 16.7. The molecule has 0 unspecified atom stereocenters. The summed E-state index contributed by atoms with van der Waals surface area (Å²) >= 11 is 0. The molecule has 68 heavy (non-hydrogen) atoms. The molecule has 0 fully saturated rings. The van der Waals surface area contributed by atoms with E-state index in [1.165, 1.54) is 50.1 Å². The summed E-state index contributed by atoms with van der Waals surface area (Å²) < 4.78 is 16.7. The van der Waals surface area contributed by atoms with Crippen LogP contribution < -0.4 is 30.6 Å². The minimum Gasteiger partial charge on any atom is -0.309 e. The van der Waals surface area contributed by atoms with Gasteiger partial charge in [0.05, 0.1) is 19.6 Å². The third kappa shape index (κ3) is 9.00. The van der Waals surface area contributed by atoms with E-state index < -0.39 is 7.14 Å². The fourth-order valence-corrected chi connectivity index (χ4v) is 13.6. The highest BCUT2D eigenvalue weighted by molar-refractivity contribution is 7.85. The van der Waals surface area contributed by atoms with Crippen LogP contribution in [0.1, 0.15) is 108 Å². The van der Waals surface area contributed by atoms with E-state index in [1.807, 2.05) is 72.8 Å². The average molecular weight is 918 g/mol. The van der Waals surface area contributed by atoms with Crippen molar-refractivity contribution in [3.05, 3.63) is 212 Å². The molecule has 8 heteroatoms. The number of fused-ring (bicyclic) bond motifs is 3. The third-order valence-corrected chi connectivity index (χ3v) is 17.1. The second kappa shape index (κ2) is 19.4. The van der Waals surface area contributed by atoms with E-state index in [1.54, 1.807) is 35.5 Å². The predicted octanol–water partition coefficient (Wildman–Crippen LogP) is 11.1. The molecule has 3 amide bonds. The Bertz CT molecular complexity index is 2800. The lowest BCUT2D eigenvalue weighted by Crippen LogP contribution is -2.32. The highest BCUT2D eigenvalue weighted by Gasteiger charge is 2.33. The molecule has 0 saturated heterocycles. The molecular formula is C60H60N3O4P. The third-order valence-electron chi connectivity index (χ3n) is 14.0. The van der Waals surface area contributed by atoms with Crippen LogP contribution in [0.4, 0.5) is 17.1 Å². The zero-order valence-electron chi connectivity index (χ0n) is 40.1. The van der Waals surface area contributed by atoms with Crippen LogP contribution >= 0.6 is 7.14 Å². The van der Waals surface area contributed by atoms with Crippen LogP contribution in [0.5, 0.6) is 0 Å². The van der Waals surface area contributed by atoms with Gasteiger partial charge in [-0.25, -0.2) is 0 Å². The van der Waals surface area contributed by atoms with Crippen molar-refractivity contribution in [2.24, 2.45) is 0 Å². The number of hydrogen-bond donors (Lipinski definition) is 0. The maximum Gasteiger partial charge on any atom is 0.224 e. The molecule has 0 radical (unpaired) electrons. The van der Waals surface area contributed by atoms with Crippen molar-refractivity contribution in [1.29, 1.82) is 0 Å². The second-order valence-electron chi connectivity index (χ2n) is 18.4. The van der Waals surface area contributed by atoms with Crippen molar-refractivity contribution in [3.8, 4) is 0 Å². The Kier molecular flexibility index (Phi) is 13.2. The van der Waals surface area contributed by atoms with E-state index in [4.69, 9.17) is 0 Å². The summed E-state index contributed by atoms with van der Waals surface area (Å²) in [6, 6.07) is 48.5. The maximum atomic E-state index is 16.7. The summed E-state index contributed by atoms with van der Waals surface area (Å²) in [5.74, 6) is -0.411. The van der Waals surface area contributed by atoms with E-state index >= 15 is 4.57 Å². The van der Waals surface area contributed by atoms with Crippen LogP contribution in [0.3, 0.4) is 0 Å². The molecule has 3 heterocycles. The topological polar surface area (TPSA) is 78.0 Å². The van der Waals surface area contributed by atoms with E-state index in [9.17, 15) is 14.4 Å². The summed E-state index contributed by atoms with van der Waals surface area (Å²) in [4.78, 5) is 46.7. The van der Waals surface area contributed by atoms with Gasteiger partial charge < -0.3 is 19.3 Å². The number of carbonyl (C=O) groups excluding carboxylic acids is 3. The van der Waals surface area contributed by atoms with Crippen LogP contribution in [-0.4, -0.2) is 17.7 Å². The first-order chi connectivity index (χ1) is 32.9. The SMILES string of the molecule is CCc1c2c(CC)c3c(CC)c1Cc1cccc(c1)CN(C(C)=O)c1cccc(c1)P(=O)(c1cccc(c1)N(C(C)=O)Cc1cccc(c1)C2)c1cccc(c1)N(C(C)=O)Cc1cccc(c1)C3. The summed E-state index contributed by atoms with van der Waals surface area (Å²) in [5, 5.41) is 1.58. The van der Waals surface area contributed by atoms with E-state index in [2.05, 4.69) is 93.6 Å². The van der Waals surface area contributed by atoms with Gasteiger partial charge in [-0.15, -0.1) is 0 Å². The Hall–Kier alpha value is -6.82. The van der Waals surface area contributed by atoms with Gasteiger partial charge in [0.25, 0.3) is 0 Å². The molecule has 0 spiro atoms. The Balaban J connectivity index is 1.41. The van der Waals surface area contributed by atoms with Crippen molar-refractivity contribution >= 4 is 57.8 Å². The van der Waals surface area contributed by atoms with E-state index in [0.29, 0.717) is 52.6 Å². The molecule has 7 aromatic carbocycles. The van der Waals surface area contributed by atoms with Gasteiger partial charge >= 0.3 is 0 Å². The van der Waals surface area contributed by atoms with Crippen molar-refractivity contribution in [3.63, 3.8) is 0 Å². The Morgan fingerprint density at radius 1 is 0.397 bits per heavy atom. The summed E-state index contributed by atoms with van der Waals surface area (Å²) in [6.07, 6.45) is 4.82. The minimum absolute atomic E-state index is 0.137. The molecule has 0 atom stereocenters. The van der Waals surface area contributed by atoms with Crippen molar-refractivity contribution in [2.45, 2.75) is 99.7 Å². The average Bonchev–Trinajstić information content (AvgIpc) is 3.34. The molecule has 0 aliphatic carbocycles. The molecule has 0 N–H and O–H groups in total. The molecule has 3 aliphatic rings. The number of rotatable bonds is 3. The first kappa shape index (κ1) is 46.3. The lowest BCUT2D eigenvalue weighted by atomic mass is 9.78. The summed E-state index contributed by atoms with van der Waals surface area (Å²) in [7, 11) is -3.81. The zero-order valence-corrected chi connectivity index (χ0v) is 41.0. The van der Waals surface area contributed by atoms with Gasteiger partial charge in [-0.1, -0.05) is 130 Å². The second-order valence-corrected chi connectivity index (χ2v) is 21.2. The normalized spacial score (nSPS) is 14.4. The van der Waals surface area contributed by atoms with Gasteiger partial charge in [-0.2, -0.15) is 0 Å². The number of benzene rings is 7. The van der Waals surface area contributed by atoms with Gasteiger partial charge in [-0.05, 0) is 142 Å². The van der Waals surface area contributed by atoms with Crippen LogP contribution in [0.2, 0.25) is 0 Å². The van der Waals surface area contributed by atoms with Gasteiger partial charge in [0.1, 0.15) is 0 Å². The van der Waals surface area contributed by atoms with Crippen molar-refractivity contribution < 1.29 is 18.9 Å². The highest BCUT2D eigenvalue weighted by Crippen LogP contribution is 2.45. The zero-order chi connectivity index (χ0) is 47.7. The van der Waals surface area contributed by atoms with Crippen LogP contribution in [0.25, 0.3) is 0 Å². The predicted molar refractivity (Wildman–Crippen MR) is 279 cm³/mol. The smallest absolute Gasteiger partial charge is 0.224 e. The number of carbonyl (C=O) groups is 3. The fraction of sp³-hybridized carbons (Fsp3) is 0.250. The van der Waals surface area contributed by atoms with Gasteiger partial charge in [-0.3, -0.25) is 14.4 Å². The Morgan fingerprint density at radius 3 is 0.926 bits per heavy atom. The molecule has 7 nitrogen and oxygen atoms in total. The molecular weight excluding hydrogens is 858 g/mol. The first-order valence-electron chi connectivity index (χ1n) is 24.0. The van der Waals surface area contributed by atoms with Gasteiger partial charge in [0, 0.05) is 53.7 Å². The van der Waals surface area contributed by atoms with Crippen LogP contribution in [0.15, 0.2) is 146 Å². The fourth-order valence-electron chi connectivity index (χ4n) is 10.9. The Labute approximate surface area is 401 Å². The van der Waals surface area contributed by atoms with Crippen LogP contribution in [0, 0.1) is 0 Å². The quantitative estimate of drug-likeness (QED) is 0.165. The van der Waals surface area contributed by atoms with Crippen LogP contribution in [-0.2, 0) is 77.1 Å². The van der Waals surface area contributed by atoms with Gasteiger partial charge in [0.15, 0.2) is 7.14 Å². The standard InChI is InChI=1S/C60H60N3O4P/c1-7-55-58-31-43-16-10-19-46(28-43)37-61(40(4)64)49-22-13-25-52(34-49)68(67)53-26-14-23-50(35-53)62(41(5)65)38-47-20-11-17-44(29-47)32-59(55)57(9-3)60(56(58)8-2)33-45-18-12-21-48(30-45)39-63(42(6)66)51-24-15-27-54(68)36-51/h10-30,34-36H,7-9,31-33,37-39H2,1-6H3. The molecule has 7 aromatic rings. The maximum absolute atomic E-state index is 16.7. The minimum atomic E-state index is -3.81. The summed E-state index contributed by atoms with van der Waals surface area (Å²) in [6.45, 7) is 12.5. The first-order valence-corrected chi connectivity index (χ1v) is 25.8. The molecule has 0 saturated carbocycles. The van der Waals surface area contributed by atoms with E-state index in [0.717, 1.165) is 55.2 Å². The number of nitrogens with zero attached hydrogens (tertiary/aromatic N) is 3. The molecule has 16 bridgehead atoms. The van der Waals surface area contributed by atoms with E-state index in [-0.39, 0.29) is 17.7 Å². The number of hydrogen-bond acceptors (Lipinski definition) is 4. The molecule has 344 valence electrons. The highest BCUT2D eigenvalue weighted by atomic mass is 31.2. The van der Waals surface area contributed by atoms with Crippen molar-refractivity contribution in [2.75, 3.05) is 14.7 Å². The number of amides is 3.